The third-order valence-corrected chi connectivity index (χ3v) is 4.33. The van der Waals surface area contributed by atoms with Crippen LogP contribution in [0.25, 0.3) is 0 Å². The Balaban J connectivity index is 1.84. The van der Waals surface area contributed by atoms with Crippen LogP contribution in [0.2, 0.25) is 0 Å². The number of H-pyrrole nitrogens is 1. The molecule has 0 bridgehead atoms. The minimum atomic E-state index is -0.370. The van der Waals surface area contributed by atoms with Gasteiger partial charge in [-0.1, -0.05) is 24.3 Å². The SMILES string of the molecule is COc1ccc(CC(NC(=O)c2ccc(=O)[nH]n2)c2ccc(OC)cc2)cc1. The van der Waals surface area contributed by atoms with Crippen LogP contribution >= 0.6 is 0 Å². The summed E-state index contributed by atoms with van der Waals surface area (Å²) in [5.74, 6) is 1.14. The van der Waals surface area contributed by atoms with E-state index in [1.54, 1.807) is 14.2 Å². The van der Waals surface area contributed by atoms with Crippen molar-refractivity contribution < 1.29 is 14.3 Å². The predicted octanol–water partition coefficient (Wildman–Crippen LogP) is 2.50. The van der Waals surface area contributed by atoms with Gasteiger partial charge in [-0.2, -0.15) is 5.10 Å². The lowest BCUT2D eigenvalue weighted by molar-refractivity contribution is 0.0930. The monoisotopic (exact) mass is 379 g/mol. The summed E-state index contributed by atoms with van der Waals surface area (Å²) < 4.78 is 10.4. The van der Waals surface area contributed by atoms with E-state index in [-0.39, 0.29) is 23.2 Å². The smallest absolute Gasteiger partial charge is 0.272 e. The molecule has 0 spiro atoms. The van der Waals surface area contributed by atoms with Crippen molar-refractivity contribution in [2.45, 2.75) is 12.5 Å². The second-order valence-electron chi connectivity index (χ2n) is 6.16. The number of benzene rings is 2. The molecule has 3 aromatic rings. The van der Waals surface area contributed by atoms with Gasteiger partial charge in [-0.05, 0) is 47.9 Å². The van der Waals surface area contributed by atoms with Gasteiger partial charge in [0.2, 0.25) is 0 Å². The third-order valence-electron chi connectivity index (χ3n) is 4.33. The average molecular weight is 379 g/mol. The van der Waals surface area contributed by atoms with Crippen molar-refractivity contribution in [1.29, 1.82) is 0 Å². The van der Waals surface area contributed by atoms with Crippen LogP contribution in [0.4, 0.5) is 0 Å². The Labute approximate surface area is 162 Å². The van der Waals surface area contributed by atoms with Gasteiger partial charge >= 0.3 is 0 Å². The number of aromatic nitrogens is 2. The quantitative estimate of drug-likeness (QED) is 0.658. The van der Waals surface area contributed by atoms with Gasteiger partial charge < -0.3 is 14.8 Å². The minimum Gasteiger partial charge on any atom is -0.497 e. The van der Waals surface area contributed by atoms with Crippen LogP contribution in [-0.2, 0) is 6.42 Å². The Bertz CT molecular complexity index is 961. The molecule has 1 heterocycles. The second kappa shape index (κ2) is 8.85. The fraction of sp³-hybridized carbons (Fsp3) is 0.190. The van der Waals surface area contributed by atoms with Gasteiger partial charge in [-0.15, -0.1) is 0 Å². The first-order valence-corrected chi connectivity index (χ1v) is 8.72. The molecule has 0 aliphatic carbocycles. The number of carbonyl (C=O) groups is 1. The summed E-state index contributed by atoms with van der Waals surface area (Å²) in [7, 11) is 3.22. The maximum atomic E-state index is 12.6. The standard InChI is InChI=1S/C21H21N3O4/c1-27-16-7-3-14(4-8-16)13-19(15-5-9-17(28-2)10-6-15)22-21(26)18-11-12-20(25)24-23-18/h3-12,19H,13H2,1-2H3,(H,22,26)(H,24,25). The van der Waals surface area contributed by atoms with Gasteiger partial charge in [0, 0.05) is 6.07 Å². The molecule has 0 saturated heterocycles. The average Bonchev–Trinajstić information content (AvgIpc) is 2.74. The third kappa shape index (κ3) is 4.76. The number of hydrogen-bond acceptors (Lipinski definition) is 5. The summed E-state index contributed by atoms with van der Waals surface area (Å²) >= 11 is 0. The molecule has 0 aliphatic rings. The Morgan fingerprint density at radius 1 is 0.964 bits per heavy atom. The largest absolute Gasteiger partial charge is 0.497 e. The number of rotatable bonds is 7. The first-order valence-electron chi connectivity index (χ1n) is 8.72. The maximum Gasteiger partial charge on any atom is 0.272 e. The highest BCUT2D eigenvalue weighted by Gasteiger charge is 2.18. The summed E-state index contributed by atoms with van der Waals surface area (Å²) in [6.45, 7) is 0. The van der Waals surface area contributed by atoms with E-state index in [1.807, 2.05) is 48.5 Å². The fourth-order valence-corrected chi connectivity index (χ4v) is 2.79. The summed E-state index contributed by atoms with van der Waals surface area (Å²) in [5.41, 5.74) is 1.75. The Kier molecular flexibility index (Phi) is 6.06. The summed E-state index contributed by atoms with van der Waals surface area (Å²) in [5, 5.41) is 9.06. The molecule has 3 rings (SSSR count). The first-order chi connectivity index (χ1) is 13.6. The molecule has 7 nitrogen and oxygen atoms in total. The highest BCUT2D eigenvalue weighted by molar-refractivity contribution is 5.92. The lowest BCUT2D eigenvalue weighted by Crippen LogP contribution is -2.31. The van der Waals surface area contributed by atoms with Gasteiger partial charge in [-0.25, -0.2) is 5.10 Å². The van der Waals surface area contributed by atoms with Gasteiger partial charge in [0.25, 0.3) is 11.5 Å². The summed E-state index contributed by atoms with van der Waals surface area (Å²) in [6.07, 6.45) is 0.575. The normalized spacial score (nSPS) is 11.5. The molecule has 0 radical (unpaired) electrons. The van der Waals surface area contributed by atoms with E-state index in [2.05, 4.69) is 15.5 Å². The van der Waals surface area contributed by atoms with Crippen molar-refractivity contribution >= 4 is 5.91 Å². The molecule has 1 aromatic heterocycles. The summed E-state index contributed by atoms with van der Waals surface area (Å²) in [4.78, 5) is 23.8. The molecule has 1 amide bonds. The number of nitrogens with zero attached hydrogens (tertiary/aromatic N) is 1. The van der Waals surface area contributed by atoms with Crippen LogP contribution in [0, 0.1) is 0 Å². The lowest BCUT2D eigenvalue weighted by atomic mass is 9.98. The number of amides is 1. The molecule has 0 saturated carbocycles. The molecule has 7 heteroatoms. The minimum absolute atomic E-state index is 0.146. The number of hydrogen-bond donors (Lipinski definition) is 2. The first kappa shape index (κ1) is 19.2. The fourth-order valence-electron chi connectivity index (χ4n) is 2.79. The molecule has 28 heavy (non-hydrogen) atoms. The van der Waals surface area contributed by atoms with E-state index in [1.165, 1.54) is 12.1 Å². The van der Waals surface area contributed by atoms with Gasteiger partial charge in [0.05, 0.1) is 20.3 Å². The number of ether oxygens (including phenoxy) is 2. The van der Waals surface area contributed by atoms with E-state index in [0.717, 1.165) is 22.6 Å². The lowest BCUT2D eigenvalue weighted by Gasteiger charge is -2.20. The van der Waals surface area contributed by atoms with E-state index in [9.17, 15) is 9.59 Å². The number of nitrogens with one attached hydrogen (secondary N) is 2. The van der Waals surface area contributed by atoms with Crippen molar-refractivity contribution in [3.05, 3.63) is 87.8 Å². The van der Waals surface area contributed by atoms with Crippen molar-refractivity contribution in [2.75, 3.05) is 14.2 Å². The molecule has 2 aromatic carbocycles. The number of aromatic amines is 1. The highest BCUT2D eigenvalue weighted by Crippen LogP contribution is 2.23. The van der Waals surface area contributed by atoms with Crippen LogP contribution < -0.4 is 20.3 Å². The molecular formula is C21H21N3O4. The number of methoxy groups -OCH3 is 2. The van der Waals surface area contributed by atoms with Crippen LogP contribution in [0.1, 0.15) is 27.7 Å². The van der Waals surface area contributed by atoms with E-state index in [0.29, 0.717) is 6.42 Å². The maximum absolute atomic E-state index is 12.6. The second-order valence-corrected chi connectivity index (χ2v) is 6.16. The molecular weight excluding hydrogens is 358 g/mol. The van der Waals surface area contributed by atoms with Crippen molar-refractivity contribution in [1.82, 2.24) is 15.5 Å². The van der Waals surface area contributed by atoms with E-state index < -0.39 is 0 Å². The van der Waals surface area contributed by atoms with Crippen molar-refractivity contribution in [2.24, 2.45) is 0 Å². The van der Waals surface area contributed by atoms with Gasteiger partial charge in [0.15, 0.2) is 0 Å². The van der Waals surface area contributed by atoms with Crippen LogP contribution in [0.5, 0.6) is 11.5 Å². The Morgan fingerprint density at radius 2 is 1.57 bits per heavy atom. The topological polar surface area (TPSA) is 93.3 Å². The van der Waals surface area contributed by atoms with E-state index >= 15 is 0 Å². The van der Waals surface area contributed by atoms with Gasteiger partial charge in [0.1, 0.15) is 17.2 Å². The molecule has 144 valence electrons. The highest BCUT2D eigenvalue weighted by atomic mass is 16.5. The van der Waals surface area contributed by atoms with Crippen LogP contribution in [0.15, 0.2) is 65.5 Å². The Morgan fingerprint density at radius 3 is 2.11 bits per heavy atom. The van der Waals surface area contributed by atoms with E-state index in [4.69, 9.17) is 9.47 Å². The molecule has 0 aliphatic heterocycles. The molecule has 1 atom stereocenters. The Hall–Kier alpha value is -3.61. The van der Waals surface area contributed by atoms with Crippen LogP contribution in [0.3, 0.4) is 0 Å². The zero-order valence-electron chi connectivity index (χ0n) is 15.6. The molecule has 0 fully saturated rings. The van der Waals surface area contributed by atoms with Gasteiger partial charge in [-0.3, -0.25) is 9.59 Å². The summed E-state index contributed by atoms with van der Waals surface area (Å²) in [6, 6.07) is 17.6. The zero-order chi connectivity index (χ0) is 19.9. The van der Waals surface area contributed by atoms with Crippen molar-refractivity contribution in [3.8, 4) is 11.5 Å². The number of carbonyl (C=O) groups excluding carboxylic acids is 1. The van der Waals surface area contributed by atoms with Crippen LogP contribution in [-0.4, -0.2) is 30.3 Å². The zero-order valence-corrected chi connectivity index (χ0v) is 15.6. The molecule has 2 N–H and O–H groups in total. The van der Waals surface area contributed by atoms with Crippen molar-refractivity contribution in [3.63, 3.8) is 0 Å². The predicted molar refractivity (Wildman–Crippen MR) is 105 cm³/mol. The molecule has 1 unspecified atom stereocenters.